The molecule has 0 N–H and O–H groups in total. The van der Waals surface area contributed by atoms with Gasteiger partial charge in [0.15, 0.2) is 11.5 Å². The van der Waals surface area contributed by atoms with Gasteiger partial charge in [-0.1, -0.05) is 15.9 Å². The molecule has 106 valence electrons. The van der Waals surface area contributed by atoms with Crippen LogP contribution in [0.5, 0.6) is 0 Å². The van der Waals surface area contributed by atoms with Gasteiger partial charge in [-0.25, -0.2) is 4.79 Å². The van der Waals surface area contributed by atoms with Crippen LogP contribution in [0.3, 0.4) is 0 Å². The zero-order valence-electron chi connectivity index (χ0n) is 10.9. The van der Waals surface area contributed by atoms with Gasteiger partial charge in [0.1, 0.15) is 0 Å². The van der Waals surface area contributed by atoms with E-state index in [1.165, 1.54) is 7.11 Å². The number of halogens is 2. The van der Waals surface area contributed by atoms with Gasteiger partial charge in [-0.3, -0.25) is 4.40 Å². The first-order valence-electron chi connectivity index (χ1n) is 5.98. The largest absolute Gasteiger partial charge is 0.465 e. The van der Waals surface area contributed by atoms with E-state index in [4.69, 9.17) is 4.74 Å². The van der Waals surface area contributed by atoms with Gasteiger partial charge in [-0.15, -0.1) is 10.2 Å². The lowest BCUT2D eigenvalue weighted by Crippen LogP contribution is -2.03. The van der Waals surface area contributed by atoms with E-state index in [1.807, 2.05) is 18.2 Å². The molecular formula is C14H9BrIN3O2. The maximum atomic E-state index is 11.7. The maximum Gasteiger partial charge on any atom is 0.339 e. The van der Waals surface area contributed by atoms with Crippen molar-refractivity contribution in [2.24, 2.45) is 0 Å². The van der Waals surface area contributed by atoms with Crippen molar-refractivity contribution in [3.8, 4) is 11.4 Å². The van der Waals surface area contributed by atoms with E-state index in [9.17, 15) is 4.79 Å². The number of ether oxygens (including phenoxy) is 1. The van der Waals surface area contributed by atoms with E-state index in [2.05, 4.69) is 48.7 Å². The number of carbonyl (C=O) groups is 1. The molecule has 5 nitrogen and oxygen atoms in total. The number of carbonyl (C=O) groups excluding carboxylic acids is 1. The van der Waals surface area contributed by atoms with Gasteiger partial charge in [0.25, 0.3) is 0 Å². The summed E-state index contributed by atoms with van der Waals surface area (Å²) in [6.45, 7) is 0. The van der Waals surface area contributed by atoms with E-state index in [1.54, 1.807) is 22.7 Å². The van der Waals surface area contributed by atoms with Crippen LogP contribution in [0.2, 0.25) is 0 Å². The lowest BCUT2D eigenvalue weighted by atomic mass is 10.2. The summed E-state index contributed by atoms with van der Waals surface area (Å²) in [7, 11) is 1.36. The average Bonchev–Trinajstić information content (AvgIpc) is 2.91. The van der Waals surface area contributed by atoms with Crippen LogP contribution >= 0.6 is 38.5 Å². The molecule has 0 fully saturated rings. The Morgan fingerprint density at radius 1 is 1.29 bits per heavy atom. The quantitative estimate of drug-likeness (QED) is 0.436. The van der Waals surface area contributed by atoms with Crippen molar-refractivity contribution in [3.63, 3.8) is 0 Å². The second kappa shape index (κ2) is 5.72. The fraction of sp³-hybridized carbons (Fsp3) is 0.0714. The van der Waals surface area contributed by atoms with Gasteiger partial charge in [0.05, 0.1) is 12.7 Å². The van der Waals surface area contributed by atoms with Gasteiger partial charge in [-0.2, -0.15) is 0 Å². The molecule has 1 aromatic carbocycles. The van der Waals surface area contributed by atoms with Crippen LogP contribution in [-0.4, -0.2) is 27.7 Å². The van der Waals surface area contributed by atoms with E-state index in [0.717, 1.165) is 13.6 Å². The minimum Gasteiger partial charge on any atom is -0.465 e. The molecule has 0 unspecified atom stereocenters. The van der Waals surface area contributed by atoms with Gasteiger partial charge < -0.3 is 4.74 Å². The summed E-state index contributed by atoms with van der Waals surface area (Å²) < 4.78 is 8.54. The summed E-state index contributed by atoms with van der Waals surface area (Å²) in [5.41, 5.74) is 2.07. The van der Waals surface area contributed by atoms with Crippen molar-refractivity contribution >= 4 is 50.1 Å². The van der Waals surface area contributed by atoms with E-state index < -0.39 is 0 Å². The molecule has 0 radical (unpaired) electrons. The minimum atomic E-state index is -0.388. The topological polar surface area (TPSA) is 56.5 Å². The number of esters is 1. The molecule has 3 rings (SSSR count). The van der Waals surface area contributed by atoms with Crippen LogP contribution in [0.25, 0.3) is 17.0 Å². The predicted molar refractivity (Wildman–Crippen MR) is 90.2 cm³/mol. The summed E-state index contributed by atoms with van der Waals surface area (Å²) >= 11 is 5.71. The van der Waals surface area contributed by atoms with Crippen molar-refractivity contribution < 1.29 is 9.53 Å². The fourth-order valence-electron chi connectivity index (χ4n) is 1.98. The van der Waals surface area contributed by atoms with Gasteiger partial charge in [0, 0.05) is 19.8 Å². The monoisotopic (exact) mass is 457 g/mol. The van der Waals surface area contributed by atoms with Crippen LogP contribution in [0.15, 0.2) is 41.0 Å². The molecule has 3 aromatic rings. The third kappa shape index (κ3) is 2.67. The zero-order chi connectivity index (χ0) is 15.0. The first kappa shape index (κ1) is 14.5. The molecule has 0 aliphatic carbocycles. The molecule has 0 spiro atoms. The highest BCUT2D eigenvalue weighted by Gasteiger charge is 2.14. The number of benzene rings is 1. The molecule has 21 heavy (non-hydrogen) atoms. The summed E-state index contributed by atoms with van der Waals surface area (Å²) in [6, 6.07) is 9.35. The Morgan fingerprint density at radius 3 is 2.86 bits per heavy atom. The molecule has 0 atom stereocenters. The number of hydrogen-bond donors (Lipinski definition) is 0. The fourth-order valence-corrected chi connectivity index (χ4v) is 2.92. The predicted octanol–water partition coefficient (Wildman–Crippen LogP) is 3.55. The second-order valence-corrected chi connectivity index (χ2v) is 6.36. The summed E-state index contributed by atoms with van der Waals surface area (Å²) in [6.07, 6.45) is 1.69. The molecule has 2 heterocycles. The number of rotatable bonds is 2. The molecule has 0 amide bonds. The highest BCUT2D eigenvalue weighted by molar-refractivity contribution is 14.1. The summed E-state index contributed by atoms with van der Waals surface area (Å²) in [5.74, 6) is 0.293. The smallest absolute Gasteiger partial charge is 0.339 e. The van der Waals surface area contributed by atoms with E-state index in [-0.39, 0.29) is 5.97 Å². The molecule has 0 saturated heterocycles. The highest BCUT2D eigenvalue weighted by Crippen LogP contribution is 2.27. The molecule has 7 heteroatoms. The number of fused-ring (bicyclic) bond motifs is 1. The number of pyridine rings is 1. The van der Waals surface area contributed by atoms with Crippen LogP contribution in [0.1, 0.15) is 10.4 Å². The van der Waals surface area contributed by atoms with Gasteiger partial charge in [-0.05, 0) is 52.9 Å². The third-order valence-electron chi connectivity index (χ3n) is 2.99. The summed E-state index contributed by atoms with van der Waals surface area (Å²) in [4.78, 5) is 11.7. The van der Waals surface area contributed by atoms with Crippen LogP contribution in [0.4, 0.5) is 0 Å². The van der Waals surface area contributed by atoms with Crippen molar-refractivity contribution in [3.05, 3.63) is 50.1 Å². The van der Waals surface area contributed by atoms with Gasteiger partial charge in [0.2, 0.25) is 0 Å². The number of nitrogens with zero attached hydrogens (tertiary/aromatic N) is 3. The number of aromatic nitrogens is 3. The molecule has 0 bridgehead atoms. The Balaban J connectivity index is 2.23. The van der Waals surface area contributed by atoms with Crippen LogP contribution in [0, 0.1) is 3.57 Å². The maximum absolute atomic E-state index is 11.7. The van der Waals surface area contributed by atoms with E-state index in [0.29, 0.717) is 17.0 Å². The zero-order valence-corrected chi connectivity index (χ0v) is 14.6. The normalized spacial score (nSPS) is 10.8. The molecular weight excluding hydrogens is 449 g/mol. The Hall–Kier alpha value is -1.48. The van der Waals surface area contributed by atoms with Crippen LogP contribution in [-0.2, 0) is 4.74 Å². The standard InChI is InChI=1S/C14H9BrIN3O2/c1-21-14(20)8-2-5-12-17-18-13(19(12)7-8)10-6-9(15)3-4-11(10)16/h2-7H,1H3. The Bertz CT molecular complexity index is 847. The molecule has 0 saturated carbocycles. The first-order chi connectivity index (χ1) is 10.1. The highest BCUT2D eigenvalue weighted by atomic mass is 127. The van der Waals surface area contributed by atoms with E-state index >= 15 is 0 Å². The number of hydrogen-bond acceptors (Lipinski definition) is 4. The van der Waals surface area contributed by atoms with Crippen LogP contribution < -0.4 is 0 Å². The van der Waals surface area contributed by atoms with Gasteiger partial charge >= 0.3 is 5.97 Å². The molecule has 2 aromatic heterocycles. The lowest BCUT2D eigenvalue weighted by Gasteiger charge is -2.05. The number of methoxy groups -OCH3 is 1. The van der Waals surface area contributed by atoms with Crippen molar-refractivity contribution in [2.75, 3.05) is 7.11 Å². The molecule has 0 aliphatic heterocycles. The van der Waals surface area contributed by atoms with Crippen molar-refractivity contribution in [1.29, 1.82) is 0 Å². The summed E-state index contributed by atoms with van der Waals surface area (Å²) in [5, 5.41) is 8.36. The first-order valence-corrected chi connectivity index (χ1v) is 7.86. The average molecular weight is 458 g/mol. The second-order valence-electron chi connectivity index (χ2n) is 4.29. The Morgan fingerprint density at radius 2 is 2.10 bits per heavy atom. The van der Waals surface area contributed by atoms with Crippen molar-refractivity contribution in [2.45, 2.75) is 0 Å². The van der Waals surface area contributed by atoms with Crippen molar-refractivity contribution in [1.82, 2.24) is 14.6 Å². The minimum absolute atomic E-state index is 0.388. The molecule has 0 aliphatic rings. The third-order valence-corrected chi connectivity index (χ3v) is 4.43. The Labute approximate surface area is 142 Å². The SMILES string of the molecule is COC(=O)c1ccc2nnc(-c3cc(Br)ccc3I)n2c1. The lowest BCUT2D eigenvalue weighted by molar-refractivity contribution is 0.0600. The Kier molecular flexibility index (Phi) is 3.94.